The van der Waals surface area contributed by atoms with Crippen LogP contribution in [0.1, 0.15) is 13.3 Å². The molecule has 2 nitrogen and oxygen atoms in total. The van der Waals surface area contributed by atoms with Crippen LogP contribution in [-0.4, -0.2) is 17.8 Å². The molecule has 0 aliphatic carbocycles. The highest BCUT2D eigenvalue weighted by Crippen LogP contribution is 1.86. The van der Waals surface area contributed by atoms with Crippen molar-refractivity contribution in [3.05, 3.63) is 12.2 Å². The van der Waals surface area contributed by atoms with Crippen LogP contribution >= 0.6 is 0 Å². The topological polar surface area (TPSA) is 46.2 Å². The fourth-order valence-electron chi connectivity index (χ4n) is 0.492. The summed E-state index contributed by atoms with van der Waals surface area (Å²) in [5.41, 5.74) is 5.45. The van der Waals surface area contributed by atoms with Gasteiger partial charge in [-0.25, -0.2) is 0 Å². The third kappa shape index (κ3) is 3.84. The second-order valence-electron chi connectivity index (χ2n) is 1.70. The summed E-state index contributed by atoms with van der Waals surface area (Å²) in [6.07, 6.45) is 4.42. The van der Waals surface area contributed by atoms with E-state index in [9.17, 15) is 0 Å². The molecular weight excluding hydrogens is 102 g/mol. The second-order valence-corrected chi connectivity index (χ2v) is 1.70. The molecule has 0 aromatic carbocycles. The lowest BCUT2D eigenvalue weighted by molar-refractivity contribution is 0.283. The Hall–Kier alpha value is -0.340. The Kier molecular flexibility index (Phi) is 4.61. The number of hydrogen-bond donors (Lipinski definition) is 2. The first-order valence-corrected chi connectivity index (χ1v) is 2.80. The molecule has 0 aliphatic heterocycles. The van der Waals surface area contributed by atoms with E-state index in [4.69, 9.17) is 10.8 Å². The molecule has 2 heteroatoms. The van der Waals surface area contributed by atoms with E-state index >= 15 is 0 Å². The maximum absolute atomic E-state index is 8.35. The molecule has 0 fully saturated rings. The van der Waals surface area contributed by atoms with Crippen molar-refractivity contribution in [3.8, 4) is 0 Å². The van der Waals surface area contributed by atoms with Gasteiger partial charge in [-0.2, -0.15) is 0 Å². The van der Waals surface area contributed by atoms with Crippen molar-refractivity contribution >= 4 is 0 Å². The largest absolute Gasteiger partial charge is 0.396 e. The van der Waals surface area contributed by atoms with Gasteiger partial charge in [-0.3, -0.25) is 0 Å². The first-order chi connectivity index (χ1) is 3.81. The fourth-order valence-corrected chi connectivity index (χ4v) is 0.492. The lowest BCUT2D eigenvalue weighted by Gasteiger charge is -1.99. The van der Waals surface area contributed by atoms with E-state index in [-0.39, 0.29) is 12.6 Å². The van der Waals surface area contributed by atoms with Crippen LogP contribution in [0.4, 0.5) is 0 Å². The maximum atomic E-state index is 8.35. The average molecular weight is 115 g/mol. The summed E-state index contributed by atoms with van der Waals surface area (Å²) in [6.45, 7) is 2.09. The zero-order chi connectivity index (χ0) is 6.41. The molecule has 0 saturated carbocycles. The SMILES string of the molecule is CC=CC(N)CCO. The van der Waals surface area contributed by atoms with E-state index < -0.39 is 0 Å². The van der Waals surface area contributed by atoms with Crippen molar-refractivity contribution in [2.45, 2.75) is 19.4 Å². The molecule has 48 valence electrons. The zero-order valence-corrected chi connectivity index (χ0v) is 5.17. The molecule has 0 rings (SSSR count). The molecule has 0 radical (unpaired) electrons. The van der Waals surface area contributed by atoms with Crippen LogP contribution in [0.25, 0.3) is 0 Å². The summed E-state index contributed by atoms with van der Waals surface area (Å²) in [4.78, 5) is 0. The van der Waals surface area contributed by atoms with Gasteiger partial charge in [0.1, 0.15) is 0 Å². The van der Waals surface area contributed by atoms with Crippen LogP contribution in [0.2, 0.25) is 0 Å². The smallest absolute Gasteiger partial charge is 0.0448 e. The van der Waals surface area contributed by atoms with Gasteiger partial charge in [0, 0.05) is 12.6 Å². The summed E-state index contributed by atoms with van der Waals surface area (Å²) < 4.78 is 0. The molecule has 0 heterocycles. The quantitative estimate of drug-likeness (QED) is 0.519. The van der Waals surface area contributed by atoms with E-state index in [0.29, 0.717) is 6.42 Å². The highest BCUT2D eigenvalue weighted by atomic mass is 16.3. The average Bonchev–Trinajstić information content (AvgIpc) is 1.68. The van der Waals surface area contributed by atoms with Crippen LogP contribution in [0, 0.1) is 0 Å². The van der Waals surface area contributed by atoms with Gasteiger partial charge in [0.05, 0.1) is 0 Å². The van der Waals surface area contributed by atoms with Crippen molar-refractivity contribution in [2.24, 2.45) is 5.73 Å². The van der Waals surface area contributed by atoms with Gasteiger partial charge in [0.15, 0.2) is 0 Å². The van der Waals surface area contributed by atoms with Gasteiger partial charge in [-0.05, 0) is 13.3 Å². The molecule has 0 amide bonds. The molecule has 8 heavy (non-hydrogen) atoms. The standard InChI is InChI=1S/C6H13NO/c1-2-3-6(7)4-5-8/h2-3,6,8H,4-5,7H2,1H3. The summed E-state index contributed by atoms with van der Waals surface area (Å²) in [6, 6.07) is 0.0324. The molecule has 0 spiro atoms. The van der Waals surface area contributed by atoms with E-state index in [2.05, 4.69) is 0 Å². The molecule has 0 saturated heterocycles. The Balaban J connectivity index is 3.17. The van der Waals surface area contributed by atoms with E-state index in [1.54, 1.807) is 0 Å². The first-order valence-electron chi connectivity index (χ1n) is 2.80. The number of allylic oxidation sites excluding steroid dienone is 1. The molecule has 0 aliphatic rings. The molecule has 1 unspecified atom stereocenters. The van der Waals surface area contributed by atoms with Crippen molar-refractivity contribution in [2.75, 3.05) is 6.61 Å². The highest BCUT2D eigenvalue weighted by molar-refractivity contribution is 4.87. The highest BCUT2D eigenvalue weighted by Gasteiger charge is 1.91. The maximum Gasteiger partial charge on any atom is 0.0448 e. The Bertz CT molecular complexity index is 70.9. The monoisotopic (exact) mass is 115 g/mol. The minimum absolute atomic E-state index is 0.0324. The Morgan fingerprint density at radius 2 is 2.38 bits per heavy atom. The summed E-state index contributed by atoms with van der Waals surface area (Å²) >= 11 is 0. The lowest BCUT2D eigenvalue weighted by atomic mass is 10.2. The van der Waals surface area contributed by atoms with Crippen molar-refractivity contribution in [1.29, 1.82) is 0 Å². The predicted molar refractivity (Wildman–Crippen MR) is 34.5 cm³/mol. The third-order valence-electron chi connectivity index (χ3n) is 0.902. The molecule has 0 aromatic heterocycles. The van der Waals surface area contributed by atoms with Crippen LogP contribution in [0.3, 0.4) is 0 Å². The molecule has 0 aromatic rings. The minimum atomic E-state index is 0.0324. The van der Waals surface area contributed by atoms with Gasteiger partial charge in [-0.15, -0.1) is 0 Å². The number of nitrogens with two attached hydrogens (primary N) is 1. The molecular formula is C6H13NO. The van der Waals surface area contributed by atoms with E-state index in [0.717, 1.165) is 0 Å². The van der Waals surface area contributed by atoms with Gasteiger partial charge < -0.3 is 10.8 Å². The Labute approximate surface area is 50.0 Å². The van der Waals surface area contributed by atoms with Crippen molar-refractivity contribution in [1.82, 2.24) is 0 Å². The number of aliphatic hydroxyl groups is 1. The molecule has 1 atom stereocenters. The predicted octanol–water partition coefficient (Wildman–Crippen LogP) is 0.272. The van der Waals surface area contributed by atoms with Crippen LogP contribution in [0.15, 0.2) is 12.2 Å². The summed E-state index contributed by atoms with van der Waals surface area (Å²) in [5.74, 6) is 0. The van der Waals surface area contributed by atoms with Gasteiger partial charge in [0.2, 0.25) is 0 Å². The Morgan fingerprint density at radius 3 is 2.75 bits per heavy atom. The van der Waals surface area contributed by atoms with E-state index in [1.165, 1.54) is 0 Å². The fraction of sp³-hybridized carbons (Fsp3) is 0.667. The Morgan fingerprint density at radius 1 is 1.75 bits per heavy atom. The van der Waals surface area contributed by atoms with E-state index in [1.807, 2.05) is 19.1 Å². The van der Waals surface area contributed by atoms with Gasteiger partial charge in [0.25, 0.3) is 0 Å². The van der Waals surface area contributed by atoms with Crippen LogP contribution < -0.4 is 5.73 Å². The third-order valence-corrected chi connectivity index (χ3v) is 0.902. The molecule has 0 bridgehead atoms. The van der Waals surface area contributed by atoms with Crippen LogP contribution in [0.5, 0.6) is 0 Å². The number of aliphatic hydroxyl groups excluding tert-OH is 1. The lowest BCUT2D eigenvalue weighted by Crippen LogP contribution is -2.17. The molecule has 3 N–H and O–H groups in total. The normalized spacial score (nSPS) is 14.9. The minimum Gasteiger partial charge on any atom is -0.396 e. The van der Waals surface area contributed by atoms with Gasteiger partial charge >= 0.3 is 0 Å². The van der Waals surface area contributed by atoms with Crippen LogP contribution in [-0.2, 0) is 0 Å². The summed E-state index contributed by atoms with van der Waals surface area (Å²) in [5, 5.41) is 8.35. The second kappa shape index (κ2) is 4.81. The number of hydrogen-bond acceptors (Lipinski definition) is 2. The van der Waals surface area contributed by atoms with Crippen molar-refractivity contribution in [3.63, 3.8) is 0 Å². The first kappa shape index (κ1) is 7.66. The van der Waals surface area contributed by atoms with Gasteiger partial charge in [-0.1, -0.05) is 12.2 Å². The summed E-state index contributed by atoms with van der Waals surface area (Å²) in [7, 11) is 0. The van der Waals surface area contributed by atoms with Crippen molar-refractivity contribution < 1.29 is 5.11 Å². The zero-order valence-electron chi connectivity index (χ0n) is 5.17. The number of rotatable bonds is 3.